The number of amidine groups is 1. The van der Waals surface area contributed by atoms with Crippen LogP contribution in [0.1, 0.15) is 43.4 Å². The first-order valence-corrected chi connectivity index (χ1v) is 11.7. The van der Waals surface area contributed by atoms with E-state index in [1.165, 1.54) is 0 Å². The second-order valence-electron chi connectivity index (χ2n) is 8.32. The van der Waals surface area contributed by atoms with Crippen LogP contribution >= 0.6 is 15.9 Å². The number of ether oxygens (including phenoxy) is 1. The second kappa shape index (κ2) is 11.3. The highest BCUT2D eigenvalue weighted by Crippen LogP contribution is 2.30. The fourth-order valence-electron chi connectivity index (χ4n) is 3.62. The van der Waals surface area contributed by atoms with Gasteiger partial charge in [-0.25, -0.2) is 0 Å². The van der Waals surface area contributed by atoms with E-state index in [9.17, 15) is 9.59 Å². The van der Waals surface area contributed by atoms with Crippen molar-refractivity contribution in [2.24, 2.45) is 5.73 Å². The molecule has 1 fully saturated rings. The molecule has 9 heteroatoms. The minimum Gasteiger partial charge on any atom is -0.489 e. The maximum atomic E-state index is 12.4. The average molecular weight is 516 g/mol. The molecule has 2 aromatic carbocycles. The Hall–Kier alpha value is -2.91. The lowest BCUT2D eigenvalue weighted by molar-refractivity contribution is -0.127. The first-order chi connectivity index (χ1) is 15.7. The van der Waals surface area contributed by atoms with Crippen molar-refractivity contribution in [3.63, 3.8) is 0 Å². The van der Waals surface area contributed by atoms with Gasteiger partial charge in [-0.05, 0) is 84.7 Å². The number of benzene rings is 2. The van der Waals surface area contributed by atoms with Crippen molar-refractivity contribution in [3.05, 3.63) is 58.1 Å². The number of nitrogens with zero attached hydrogens (tertiary/aromatic N) is 1. The van der Waals surface area contributed by atoms with E-state index in [0.29, 0.717) is 11.3 Å². The molecular formula is C24H30BrN5O3. The predicted molar refractivity (Wildman–Crippen MR) is 133 cm³/mol. The lowest BCUT2D eigenvalue weighted by Gasteiger charge is -2.29. The van der Waals surface area contributed by atoms with Crippen molar-refractivity contribution < 1.29 is 14.3 Å². The zero-order chi connectivity index (χ0) is 24.0. The smallest absolute Gasteiger partial charge is 0.233 e. The number of hydrogen-bond acceptors (Lipinski definition) is 5. The number of carbonyl (C=O) groups excluding carboxylic acids is 2. The fourth-order valence-corrected chi connectivity index (χ4v) is 4.11. The van der Waals surface area contributed by atoms with E-state index in [0.717, 1.165) is 41.7 Å². The number of piperidine rings is 1. The van der Waals surface area contributed by atoms with Gasteiger partial charge in [-0.3, -0.25) is 15.0 Å². The second-order valence-corrected chi connectivity index (χ2v) is 9.17. The molecule has 1 aliphatic rings. The van der Waals surface area contributed by atoms with Gasteiger partial charge in [0.2, 0.25) is 11.8 Å². The molecule has 8 nitrogen and oxygen atoms in total. The Kier molecular flexibility index (Phi) is 8.46. The summed E-state index contributed by atoms with van der Waals surface area (Å²) in [6.07, 6.45) is 1.91. The first-order valence-electron chi connectivity index (χ1n) is 10.9. The van der Waals surface area contributed by atoms with Crippen molar-refractivity contribution in [1.82, 2.24) is 10.2 Å². The van der Waals surface area contributed by atoms with Gasteiger partial charge in [-0.1, -0.05) is 6.07 Å². The molecule has 3 rings (SSSR count). The Morgan fingerprint density at radius 2 is 1.85 bits per heavy atom. The maximum Gasteiger partial charge on any atom is 0.233 e. The van der Waals surface area contributed by atoms with Gasteiger partial charge in [0.25, 0.3) is 0 Å². The first kappa shape index (κ1) is 24.7. The minimum absolute atomic E-state index is 0.0470. The third kappa shape index (κ3) is 7.30. The summed E-state index contributed by atoms with van der Waals surface area (Å²) in [6.45, 7) is 3.93. The molecule has 5 N–H and O–H groups in total. The van der Waals surface area contributed by atoms with E-state index >= 15 is 0 Å². The number of halogens is 1. The Morgan fingerprint density at radius 1 is 1.18 bits per heavy atom. The summed E-state index contributed by atoms with van der Waals surface area (Å²) >= 11 is 3.58. The summed E-state index contributed by atoms with van der Waals surface area (Å²) in [4.78, 5) is 26.9. The number of amides is 2. The molecule has 2 amide bonds. The zero-order valence-electron chi connectivity index (χ0n) is 18.9. The highest BCUT2D eigenvalue weighted by Gasteiger charge is 2.20. The van der Waals surface area contributed by atoms with Gasteiger partial charge in [0.05, 0.1) is 10.5 Å². The number of nitrogen functional groups attached to an aromatic ring is 1. The topological polar surface area (TPSA) is 121 Å². The van der Waals surface area contributed by atoms with E-state index in [4.69, 9.17) is 15.9 Å². The normalized spacial score (nSPS) is 15.5. The molecule has 1 unspecified atom stereocenters. The third-order valence-electron chi connectivity index (χ3n) is 5.59. The molecule has 1 saturated heterocycles. The lowest BCUT2D eigenvalue weighted by atomic mass is 10.1. The minimum atomic E-state index is -0.418. The van der Waals surface area contributed by atoms with Crippen molar-refractivity contribution in [2.75, 3.05) is 25.5 Å². The SMILES string of the molecule is CC(NC(=O)CC(=O)Nc1ccc(C(=N)N)cc1)c1ccc(OC2CCN(C)CC2)c(Br)c1. The van der Waals surface area contributed by atoms with Gasteiger partial charge < -0.3 is 26.0 Å². The van der Waals surface area contributed by atoms with Gasteiger partial charge in [-0.15, -0.1) is 0 Å². The summed E-state index contributed by atoms with van der Waals surface area (Å²) in [5.74, 6) is -0.0437. The van der Waals surface area contributed by atoms with Crippen molar-refractivity contribution in [2.45, 2.75) is 38.3 Å². The molecule has 2 aromatic rings. The summed E-state index contributed by atoms with van der Waals surface area (Å²) in [7, 11) is 2.12. The van der Waals surface area contributed by atoms with Gasteiger partial charge in [-0.2, -0.15) is 0 Å². The summed E-state index contributed by atoms with van der Waals surface area (Å²) < 4.78 is 6.99. The van der Waals surface area contributed by atoms with Gasteiger partial charge >= 0.3 is 0 Å². The summed E-state index contributed by atoms with van der Waals surface area (Å²) in [6, 6.07) is 12.1. The highest BCUT2D eigenvalue weighted by atomic mass is 79.9. The van der Waals surface area contributed by atoms with E-state index < -0.39 is 5.91 Å². The third-order valence-corrected chi connectivity index (χ3v) is 6.21. The van der Waals surface area contributed by atoms with Crippen molar-refractivity contribution in [1.29, 1.82) is 5.41 Å². The summed E-state index contributed by atoms with van der Waals surface area (Å²) in [5.41, 5.74) is 7.43. The molecule has 0 bridgehead atoms. The Bertz CT molecular complexity index is 1000. The van der Waals surface area contributed by atoms with Crippen LogP contribution in [0.5, 0.6) is 5.75 Å². The molecule has 1 heterocycles. The largest absolute Gasteiger partial charge is 0.489 e. The highest BCUT2D eigenvalue weighted by molar-refractivity contribution is 9.10. The number of anilines is 1. The number of rotatable bonds is 8. The Labute approximate surface area is 202 Å². The van der Waals surface area contributed by atoms with E-state index in [1.807, 2.05) is 25.1 Å². The Balaban J connectivity index is 1.49. The fraction of sp³-hybridized carbons (Fsp3) is 0.375. The molecule has 0 aromatic heterocycles. The maximum absolute atomic E-state index is 12.4. The Morgan fingerprint density at radius 3 is 2.45 bits per heavy atom. The number of nitrogens with two attached hydrogens (primary N) is 1. The monoisotopic (exact) mass is 515 g/mol. The predicted octanol–water partition coefficient (Wildman–Crippen LogP) is 3.41. The average Bonchev–Trinajstić information content (AvgIpc) is 2.76. The molecule has 1 aliphatic heterocycles. The van der Waals surface area contributed by atoms with Gasteiger partial charge in [0.1, 0.15) is 24.1 Å². The lowest BCUT2D eigenvalue weighted by Crippen LogP contribution is -2.35. The van der Waals surface area contributed by atoms with E-state index in [-0.39, 0.29) is 30.3 Å². The van der Waals surface area contributed by atoms with Crippen LogP contribution in [0.3, 0.4) is 0 Å². The molecule has 0 spiro atoms. The van der Waals surface area contributed by atoms with Crippen LogP contribution in [-0.2, 0) is 9.59 Å². The van der Waals surface area contributed by atoms with E-state index in [2.05, 4.69) is 38.5 Å². The quantitative estimate of drug-likeness (QED) is 0.244. The number of likely N-dealkylation sites (tertiary alicyclic amines) is 1. The van der Waals surface area contributed by atoms with Gasteiger partial charge in [0.15, 0.2) is 0 Å². The van der Waals surface area contributed by atoms with E-state index in [1.54, 1.807) is 24.3 Å². The van der Waals surface area contributed by atoms with Crippen LogP contribution in [0.4, 0.5) is 5.69 Å². The number of nitrogens with one attached hydrogen (secondary N) is 3. The molecule has 0 aliphatic carbocycles. The number of carbonyl (C=O) groups is 2. The van der Waals surface area contributed by atoms with Gasteiger partial charge in [0, 0.05) is 24.3 Å². The van der Waals surface area contributed by atoms with Crippen LogP contribution in [0.25, 0.3) is 0 Å². The standard InChI is InChI=1S/C24H30BrN5O3/c1-15(17-5-8-21(20(25)13-17)33-19-9-11-30(2)12-10-19)28-22(31)14-23(32)29-18-6-3-16(4-7-18)24(26)27/h3-8,13,15,19H,9-12,14H2,1-2H3,(H3,26,27)(H,28,31)(H,29,32). The molecule has 33 heavy (non-hydrogen) atoms. The molecule has 176 valence electrons. The number of hydrogen-bond donors (Lipinski definition) is 4. The van der Waals surface area contributed by atoms with Crippen molar-refractivity contribution >= 4 is 39.3 Å². The van der Waals surface area contributed by atoms with Crippen LogP contribution in [-0.4, -0.2) is 48.8 Å². The summed E-state index contributed by atoms with van der Waals surface area (Å²) in [5, 5.41) is 12.9. The van der Waals surface area contributed by atoms with Crippen LogP contribution < -0.4 is 21.1 Å². The van der Waals surface area contributed by atoms with Crippen molar-refractivity contribution in [3.8, 4) is 5.75 Å². The molecule has 0 radical (unpaired) electrons. The van der Waals surface area contributed by atoms with Crippen LogP contribution in [0.2, 0.25) is 0 Å². The zero-order valence-corrected chi connectivity index (χ0v) is 20.4. The molecular weight excluding hydrogens is 486 g/mol. The molecule has 0 saturated carbocycles. The molecule has 1 atom stereocenters. The van der Waals surface area contributed by atoms with Crippen LogP contribution in [0.15, 0.2) is 46.9 Å². The van der Waals surface area contributed by atoms with Crippen LogP contribution in [0, 0.1) is 5.41 Å².